The Morgan fingerprint density at radius 2 is 2.00 bits per heavy atom. The molecule has 0 spiro atoms. The maximum absolute atomic E-state index is 12.9. The highest BCUT2D eigenvalue weighted by atomic mass is 16.4. The van der Waals surface area contributed by atoms with E-state index in [0.717, 1.165) is 24.3 Å². The lowest BCUT2D eigenvalue weighted by Gasteiger charge is -2.33. The van der Waals surface area contributed by atoms with Crippen LogP contribution >= 0.6 is 0 Å². The van der Waals surface area contributed by atoms with Crippen molar-refractivity contribution in [3.8, 4) is 0 Å². The van der Waals surface area contributed by atoms with Gasteiger partial charge in [-0.25, -0.2) is 0 Å². The summed E-state index contributed by atoms with van der Waals surface area (Å²) in [5, 5.41) is 15.3. The third kappa shape index (κ3) is 5.20. The van der Waals surface area contributed by atoms with Crippen LogP contribution in [0.2, 0.25) is 0 Å². The van der Waals surface area contributed by atoms with Gasteiger partial charge >= 0.3 is 0 Å². The predicted octanol–water partition coefficient (Wildman–Crippen LogP) is 1.24. The van der Waals surface area contributed by atoms with E-state index in [2.05, 4.69) is 27.5 Å². The molecule has 1 aromatic carbocycles. The molecule has 2 aromatic rings. The minimum Gasteiger partial charge on any atom is -0.462 e. The van der Waals surface area contributed by atoms with Crippen molar-refractivity contribution in [1.29, 1.82) is 0 Å². The van der Waals surface area contributed by atoms with Crippen LogP contribution < -0.4 is 10.6 Å². The summed E-state index contributed by atoms with van der Waals surface area (Å²) in [5.74, 6) is 1.34. The average Bonchev–Trinajstić information content (AvgIpc) is 3.42. The van der Waals surface area contributed by atoms with Gasteiger partial charge in [-0.05, 0) is 37.6 Å². The molecule has 172 valence electrons. The second kappa shape index (κ2) is 10.3. The normalized spacial score (nSPS) is 24.1. The Kier molecular flexibility index (Phi) is 7.24. The third-order valence-electron chi connectivity index (χ3n) is 6.62. The van der Waals surface area contributed by atoms with Crippen molar-refractivity contribution in [2.24, 2.45) is 0 Å². The summed E-state index contributed by atoms with van der Waals surface area (Å²) in [7, 11) is 2.06. The fourth-order valence-electron chi connectivity index (χ4n) is 4.80. The lowest BCUT2D eigenvalue weighted by Crippen LogP contribution is -2.49. The fraction of sp³-hybridized carbons (Fsp3) is 0.500. The van der Waals surface area contributed by atoms with Crippen molar-refractivity contribution < 1.29 is 19.1 Å². The molecule has 2 saturated heterocycles. The number of benzene rings is 1. The van der Waals surface area contributed by atoms with E-state index in [0.29, 0.717) is 38.2 Å². The molecule has 0 radical (unpaired) electrons. The zero-order chi connectivity index (χ0) is 22.5. The number of aliphatic hydroxyl groups excluding tert-OH is 1. The number of carbonyl (C=O) groups is 2. The van der Waals surface area contributed by atoms with E-state index in [9.17, 15) is 14.7 Å². The van der Waals surface area contributed by atoms with Crippen molar-refractivity contribution in [2.75, 3.05) is 20.1 Å². The number of nitrogens with one attached hydrogen (secondary N) is 2. The van der Waals surface area contributed by atoms with Crippen LogP contribution in [0.3, 0.4) is 0 Å². The van der Waals surface area contributed by atoms with Gasteiger partial charge in [-0.2, -0.15) is 0 Å². The van der Waals surface area contributed by atoms with Crippen molar-refractivity contribution >= 4 is 11.8 Å². The number of rotatable bonds is 8. The third-order valence-corrected chi connectivity index (χ3v) is 6.62. The Hall–Kier alpha value is -2.68. The summed E-state index contributed by atoms with van der Waals surface area (Å²) in [6, 6.07) is 13.5. The van der Waals surface area contributed by atoms with Crippen LogP contribution in [-0.4, -0.2) is 65.0 Å². The summed E-state index contributed by atoms with van der Waals surface area (Å²) < 4.78 is 5.63. The number of fused-ring (bicyclic) bond motifs is 1. The van der Waals surface area contributed by atoms with Gasteiger partial charge in [0.05, 0.1) is 6.54 Å². The summed E-state index contributed by atoms with van der Waals surface area (Å²) in [6.07, 6.45) is 2.01. The Balaban J connectivity index is 1.32. The minimum absolute atomic E-state index is 0.0277. The molecule has 0 saturated carbocycles. The van der Waals surface area contributed by atoms with E-state index in [1.807, 2.05) is 36.4 Å². The Labute approximate surface area is 188 Å². The number of amides is 2. The van der Waals surface area contributed by atoms with Crippen LogP contribution in [0.1, 0.15) is 36.3 Å². The van der Waals surface area contributed by atoms with E-state index in [1.54, 1.807) is 6.07 Å². The van der Waals surface area contributed by atoms with Crippen molar-refractivity contribution in [2.45, 2.75) is 57.1 Å². The molecule has 3 heterocycles. The quantitative estimate of drug-likeness (QED) is 0.572. The maximum atomic E-state index is 12.9. The van der Waals surface area contributed by atoms with Gasteiger partial charge in [0.25, 0.3) is 0 Å². The second-order valence-electron chi connectivity index (χ2n) is 8.66. The first-order valence-corrected chi connectivity index (χ1v) is 11.3. The van der Waals surface area contributed by atoms with Gasteiger partial charge < -0.3 is 20.2 Å². The fourth-order valence-corrected chi connectivity index (χ4v) is 4.80. The van der Waals surface area contributed by atoms with E-state index < -0.39 is 0 Å². The lowest BCUT2D eigenvalue weighted by molar-refractivity contribution is -0.126. The molecule has 4 rings (SSSR count). The number of hydrogen-bond acceptors (Lipinski definition) is 6. The summed E-state index contributed by atoms with van der Waals surface area (Å²) >= 11 is 0. The van der Waals surface area contributed by atoms with Gasteiger partial charge in [0, 0.05) is 38.1 Å². The van der Waals surface area contributed by atoms with E-state index in [1.165, 1.54) is 0 Å². The molecule has 8 nitrogen and oxygen atoms in total. The molecule has 3 atom stereocenters. The molecule has 32 heavy (non-hydrogen) atoms. The van der Waals surface area contributed by atoms with Crippen molar-refractivity contribution in [1.82, 2.24) is 20.4 Å². The largest absolute Gasteiger partial charge is 0.462 e. The smallest absolute Gasteiger partial charge is 0.239 e. The topological polar surface area (TPSA) is 98.1 Å². The number of likely N-dealkylation sites (N-methyl/N-ethyl adjacent to an activating group) is 1. The van der Waals surface area contributed by atoms with Gasteiger partial charge in [-0.3, -0.25) is 19.4 Å². The Bertz CT molecular complexity index is 916. The van der Waals surface area contributed by atoms with Crippen LogP contribution in [-0.2, 0) is 29.3 Å². The SMILES string of the molecule is CN1[C@@H](CCC(=O)NCc2ccccc2)CNC(=O)[C@@H]2[C@@H]1CCN2Cc1ccc(CO)o1. The highest BCUT2D eigenvalue weighted by Gasteiger charge is 2.45. The first-order valence-electron chi connectivity index (χ1n) is 11.3. The van der Waals surface area contributed by atoms with Gasteiger partial charge in [-0.15, -0.1) is 0 Å². The molecule has 2 amide bonds. The van der Waals surface area contributed by atoms with Crippen molar-refractivity contribution in [3.63, 3.8) is 0 Å². The van der Waals surface area contributed by atoms with Crippen LogP contribution in [0.25, 0.3) is 0 Å². The number of nitrogens with zero attached hydrogens (tertiary/aromatic N) is 2. The summed E-state index contributed by atoms with van der Waals surface area (Å²) in [6.45, 7) is 2.27. The molecule has 2 aliphatic rings. The standard InChI is InChI=1S/C24H32N4O4/c1-27-18(7-10-22(30)25-13-17-5-3-2-4-6-17)14-26-24(31)23-21(27)11-12-28(23)15-19-8-9-20(16-29)32-19/h2-6,8-9,18,21,23,29H,7,10-16H2,1H3,(H,25,30)(H,26,31)/t18-,21-,23-/m0/s1. The monoisotopic (exact) mass is 440 g/mol. The van der Waals surface area contributed by atoms with Gasteiger partial charge in [0.1, 0.15) is 24.2 Å². The number of furan rings is 1. The lowest BCUT2D eigenvalue weighted by atomic mass is 10.0. The van der Waals surface area contributed by atoms with E-state index >= 15 is 0 Å². The van der Waals surface area contributed by atoms with Crippen LogP contribution in [0.5, 0.6) is 0 Å². The van der Waals surface area contributed by atoms with Crippen LogP contribution in [0.15, 0.2) is 46.9 Å². The first-order chi connectivity index (χ1) is 15.5. The predicted molar refractivity (Wildman–Crippen MR) is 119 cm³/mol. The molecule has 0 bridgehead atoms. The zero-order valence-corrected chi connectivity index (χ0v) is 18.5. The highest BCUT2D eigenvalue weighted by molar-refractivity contribution is 5.83. The molecule has 0 unspecified atom stereocenters. The summed E-state index contributed by atoms with van der Waals surface area (Å²) in [4.78, 5) is 29.7. The molecule has 2 aliphatic heterocycles. The molecule has 3 N–H and O–H groups in total. The molecule has 8 heteroatoms. The molecule has 1 aromatic heterocycles. The highest BCUT2D eigenvalue weighted by Crippen LogP contribution is 2.29. The minimum atomic E-state index is -0.250. The summed E-state index contributed by atoms with van der Waals surface area (Å²) in [5.41, 5.74) is 1.08. The number of hydrogen-bond donors (Lipinski definition) is 3. The van der Waals surface area contributed by atoms with Gasteiger partial charge in [0.15, 0.2) is 0 Å². The van der Waals surface area contributed by atoms with Crippen molar-refractivity contribution in [3.05, 3.63) is 59.5 Å². The first kappa shape index (κ1) is 22.5. The van der Waals surface area contributed by atoms with Gasteiger partial charge in [-0.1, -0.05) is 30.3 Å². The van der Waals surface area contributed by atoms with E-state index in [-0.39, 0.29) is 36.5 Å². The maximum Gasteiger partial charge on any atom is 0.239 e. The van der Waals surface area contributed by atoms with Crippen LogP contribution in [0, 0.1) is 0 Å². The second-order valence-corrected chi connectivity index (χ2v) is 8.66. The number of carbonyl (C=O) groups excluding carboxylic acids is 2. The van der Waals surface area contributed by atoms with Crippen LogP contribution in [0.4, 0.5) is 0 Å². The molecule has 2 fully saturated rings. The molecular formula is C24H32N4O4. The average molecular weight is 441 g/mol. The Morgan fingerprint density at radius 3 is 2.75 bits per heavy atom. The Morgan fingerprint density at radius 1 is 1.22 bits per heavy atom. The number of likely N-dealkylation sites (tertiary alicyclic amines) is 1. The number of aliphatic hydroxyl groups is 1. The van der Waals surface area contributed by atoms with E-state index in [4.69, 9.17) is 4.42 Å². The molecular weight excluding hydrogens is 408 g/mol. The zero-order valence-electron chi connectivity index (χ0n) is 18.5. The molecule has 0 aliphatic carbocycles. The van der Waals surface area contributed by atoms with Gasteiger partial charge in [0.2, 0.25) is 11.8 Å².